The van der Waals surface area contributed by atoms with Crippen LogP contribution in [-0.2, 0) is 6.32 Å². The molecule has 0 bridgehead atoms. The Kier molecular flexibility index (Phi) is 3.81. The molecule has 90 valence electrons. The van der Waals surface area contributed by atoms with E-state index in [2.05, 4.69) is 0 Å². The molecule has 0 radical (unpaired) electrons. The lowest BCUT2D eigenvalue weighted by Crippen LogP contribution is -2.22. The molecule has 1 aromatic carbocycles. The minimum Gasteiger partial charge on any atom is -0.449 e. The van der Waals surface area contributed by atoms with Crippen molar-refractivity contribution in [3.8, 4) is 0 Å². The van der Waals surface area contributed by atoms with E-state index < -0.39 is 13.3 Å². The molecule has 2 N–H and O–H groups in total. The molecule has 1 nitrogen and oxygen atoms in total. The van der Waals surface area contributed by atoms with Crippen LogP contribution in [0.3, 0.4) is 0 Å². The normalized spacial score (nSPS) is 11.9. The molecule has 0 saturated carbocycles. The standard InChI is InChI=1S/C10H13BF3IN/c1-5-8(4-11(12,13)14)6(2)10(16)7(3)9(5)15/h4,16H2,1-3H3/q-1. The second kappa shape index (κ2) is 4.47. The van der Waals surface area contributed by atoms with Gasteiger partial charge in [-0.25, -0.2) is 0 Å². The number of nitrogen functional groups attached to an aromatic ring is 1. The van der Waals surface area contributed by atoms with E-state index in [4.69, 9.17) is 5.73 Å². The molecule has 0 aliphatic carbocycles. The summed E-state index contributed by atoms with van der Waals surface area (Å²) in [6.07, 6.45) is -0.849. The number of nitrogens with two attached hydrogens (primary N) is 1. The van der Waals surface area contributed by atoms with Gasteiger partial charge < -0.3 is 18.7 Å². The maximum Gasteiger partial charge on any atom is 0.482 e. The average Bonchev–Trinajstić information content (AvgIpc) is 2.17. The molecule has 0 amide bonds. The zero-order chi connectivity index (χ0) is 12.7. The van der Waals surface area contributed by atoms with Gasteiger partial charge in [0.25, 0.3) is 0 Å². The fraction of sp³-hybridized carbons (Fsp3) is 0.400. The van der Waals surface area contributed by atoms with Crippen molar-refractivity contribution in [3.05, 3.63) is 25.8 Å². The Hall–Kier alpha value is -0.395. The maximum atomic E-state index is 12.5. The van der Waals surface area contributed by atoms with Crippen LogP contribution < -0.4 is 5.73 Å². The van der Waals surface area contributed by atoms with Crippen LogP contribution in [-0.4, -0.2) is 6.98 Å². The van der Waals surface area contributed by atoms with E-state index in [-0.39, 0.29) is 0 Å². The van der Waals surface area contributed by atoms with Gasteiger partial charge in [0.05, 0.1) is 0 Å². The van der Waals surface area contributed by atoms with Crippen molar-refractivity contribution in [2.45, 2.75) is 27.1 Å². The molecule has 0 aliphatic heterocycles. The smallest absolute Gasteiger partial charge is 0.449 e. The largest absolute Gasteiger partial charge is 0.482 e. The Morgan fingerprint density at radius 2 is 1.56 bits per heavy atom. The summed E-state index contributed by atoms with van der Waals surface area (Å²) in [4.78, 5) is 0. The SMILES string of the molecule is Cc1c(N)c(C)c(C[B-](F)(F)F)c(C)c1I. The van der Waals surface area contributed by atoms with Crippen LogP contribution in [0.1, 0.15) is 22.3 Å². The van der Waals surface area contributed by atoms with Crippen LogP contribution in [0.25, 0.3) is 0 Å². The molecule has 6 heteroatoms. The molecule has 0 saturated heterocycles. The lowest BCUT2D eigenvalue weighted by atomic mass is 9.78. The van der Waals surface area contributed by atoms with Crippen molar-refractivity contribution in [1.29, 1.82) is 0 Å². The predicted molar refractivity (Wildman–Crippen MR) is 70.6 cm³/mol. The number of hydrogen-bond donors (Lipinski definition) is 1. The van der Waals surface area contributed by atoms with E-state index in [9.17, 15) is 12.9 Å². The highest BCUT2D eigenvalue weighted by Gasteiger charge is 2.26. The van der Waals surface area contributed by atoms with Crippen LogP contribution in [0.5, 0.6) is 0 Å². The third-order valence-electron chi connectivity index (χ3n) is 2.81. The van der Waals surface area contributed by atoms with Gasteiger partial charge in [0.2, 0.25) is 0 Å². The summed E-state index contributed by atoms with van der Waals surface area (Å²) in [7, 11) is 0. The van der Waals surface area contributed by atoms with Crippen LogP contribution in [0, 0.1) is 24.3 Å². The number of rotatable bonds is 2. The molecule has 0 atom stereocenters. The van der Waals surface area contributed by atoms with Crippen molar-refractivity contribution in [2.24, 2.45) is 0 Å². The van der Waals surface area contributed by atoms with Crippen molar-refractivity contribution < 1.29 is 12.9 Å². The molecule has 0 heterocycles. The monoisotopic (exact) mass is 342 g/mol. The van der Waals surface area contributed by atoms with E-state index in [1.807, 2.05) is 29.5 Å². The molecule has 0 unspecified atom stereocenters. The van der Waals surface area contributed by atoms with Gasteiger partial charge in [0, 0.05) is 9.26 Å². The van der Waals surface area contributed by atoms with E-state index >= 15 is 0 Å². The fourth-order valence-electron chi connectivity index (χ4n) is 1.79. The van der Waals surface area contributed by atoms with Gasteiger partial charge in [0.15, 0.2) is 0 Å². The predicted octanol–water partition coefficient (Wildman–Crippen LogP) is 3.73. The molecule has 1 rings (SSSR count). The minimum absolute atomic E-state index is 0.333. The number of halogens is 4. The van der Waals surface area contributed by atoms with Gasteiger partial charge >= 0.3 is 6.98 Å². The van der Waals surface area contributed by atoms with Crippen LogP contribution in [0.4, 0.5) is 18.6 Å². The minimum atomic E-state index is -4.82. The van der Waals surface area contributed by atoms with Crippen molar-refractivity contribution >= 4 is 35.3 Å². The molecule has 0 aliphatic rings. The van der Waals surface area contributed by atoms with Crippen LogP contribution in [0.2, 0.25) is 0 Å². The van der Waals surface area contributed by atoms with Gasteiger partial charge in [-0.05, 0) is 60.1 Å². The quantitative estimate of drug-likeness (QED) is 0.495. The average molecular weight is 342 g/mol. The maximum absolute atomic E-state index is 12.5. The topological polar surface area (TPSA) is 26.0 Å². The Balaban J connectivity index is 3.40. The van der Waals surface area contributed by atoms with Gasteiger partial charge in [-0.3, -0.25) is 0 Å². The van der Waals surface area contributed by atoms with Crippen LogP contribution >= 0.6 is 22.6 Å². The Morgan fingerprint density at radius 1 is 1.06 bits per heavy atom. The van der Waals surface area contributed by atoms with Crippen molar-refractivity contribution in [2.75, 3.05) is 5.73 Å². The third kappa shape index (κ3) is 2.64. The number of anilines is 1. The molecular formula is C10H13BF3IN-. The van der Waals surface area contributed by atoms with Gasteiger partial charge in [0.1, 0.15) is 0 Å². The molecule has 16 heavy (non-hydrogen) atoms. The molecule has 1 aromatic rings. The molecule has 0 aromatic heterocycles. The first-order valence-corrected chi connectivity index (χ1v) is 5.97. The lowest BCUT2D eigenvalue weighted by molar-refractivity contribution is 0.468. The van der Waals surface area contributed by atoms with Crippen molar-refractivity contribution in [1.82, 2.24) is 0 Å². The first kappa shape index (κ1) is 13.7. The first-order chi connectivity index (χ1) is 7.15. The van der Waals surface area contributed by atoms with Crippen LogP contribution in [0.15, 0.2) is 0 Å². The highest BCUT2D eigenvalue weighted by atomic mass is 127. The fourth-order valence-corrected chi connectivity index (χ4v) is 2.41. The second-order valence-corrected chi connectivity index (χ2v) is 5.07. The Bertz CT molecular complexity index is 400. The van der Waals surface area contributed by atoms with E-state index in [1.165, 1.54) is 0 Å². The van der Waals surface area contributed by atoms with E-state index in [1.54, 1.807) is 13.8 Å². The Labute approximate surface area is 107 Å². The number of benzene rings is 1. The summed E-state index contributed by atoms with van der Waals surface area (Å²) in [6, 6.07) is 0. The van der Waals surface area contributed by atoms with Gasteiger partial charge in [-0.2, -0.15) is 0 Å². The summed E-state index contributed by atoms with van der Waals surface area (Å²) in [5, 5.41) is 0. The summed E-state index contributed by atoms with van der Waals surface area (Å²) in [5.74, 6) is 0. The zero-order valence-electron chi connectivity index (χ0n) is 9.37. The first-order valence-electron chi connectivity index (χ1n) is 4.89. The molecular weight excluding hydrogens is 329 g/mol. The number of hydrogen-bond acceptors (Lipinski definition) is 1. The highest BCUT2D eigenvalue weighted by molar-refractivity contribution is 14.1. The van der Waals surface area contributed by atoms with Crippen molar-refractivity contribution in [3.63, 3.8) is 0 Å². The molecule has 0 spiro atoms. The third-order valence-corrected chi connectivity index (χ3v) is 4.43. The van der Waals surface area contributed by atoms with E-state index in [0.717, 1.165) is 9.13 Å². The second-order valence-electron chi connectivity index (χ2n) is 4.00. The zero-order valence-corrected chi connectivity index (χ0v) is 11.5. The lowest BCUT2D eigenvalue weighted by Gasteiger charge is -2.21. The summed E-state index contributed by atoms with van der Waals surface area (Å²) < 4.78 is 38.3. The van der Waals surface area contributed by atoms with E-state index in [0.29, 0.717) is 22.4 Å². The Morgan fingerprint density at radius 3 is 2.00 bits per heavy atom. The molecule has 0 fully saturated rings. The summed E-state index contributed by atoms with van der Waals surface area (Å²) in [6.45, 7) is 0.390. The summed E-state index contributed by atoms with van der Waals surface area (Å²) >= 11 is 2.05. The summed E-state index contributed by atoms with van der Waals surface area (Å²) in [5.41, 5.74) is 8.75. The van der Waals surface area contributed by atoms with Gasteiger partial charge in [-0.15, -0.1) is 0 Å². The highest BCUT2D eigenvalue weighted by Crippen LogP contribution is 2.32. The van der Waals surface area contributed by atoms with Gasteiger partial charge in [-0.1, -0.05) is 11.9 Å².